The minimum atomic E-state index is -0.628. The summed E-state index contributed by atoms with van der Waals surface area (Å²) in [4.78, 5) is 11.7. The van der Waals surface area contributed by atoms with Crippen LogP contribution < -0.4 is 15.2 Å². The lowest BCUT2D eigenvalue weighted by Crippen LogP contribution is -2.09. The maximum atomic E-state index is 11.7. The van der Waals surface area contributed by atoms with Crippen molar-refractivity contribution in [3.8, 4) is 11.5 Å². The number of esters is 1. The first-order valence-electron chi connectivity index (χ1n) is 4.77. The monoisotopic (exact) mass is 234 g/mol. The fraction of sp³-hybridized carbons (Fsp3) is 0.0909. The quantitative estimate of drug-likeness (QED) is 0.639. The molecule has 17 heavy (non-hydrogen) atoms. The van der Waals surface area contributed by atoms with Crippen LogP contribution in [0.1, 0.15) is 10.4 Å². The lowest BCUT2D eigenvalue weighted by Gasteiger charge is -2.04. The van der Waals surface area contributed by atoms with Gasteiger partial charge in [0.05, 0.1) is 13.3 Å². The van der Waals surface area contributed by atoms with Gasteiger partial charge in [0.25, 0.3) is 0 Å². The maximum Gasteiger partial charge on any atom is 0.350 e. The Labute approximate surface area is 96.9 Å². The van der Waals surface area contributed by atoms with Gasteiger partial charge in [0.1, 0.15) is 17.1 Å². The van der Waals surface area contributed by atoms with Crippen molar-refractivity contribution in [2.24, 2.45) is 0 Å². The maximum absolute atomic E-state index is 11.7. The zero-order valence-electron chi connectivity index (χ0n) is 9.04. The minimum absolute atomic E-state index is 0.0714. The van der Waals surface area contributed by atoms with Gasteiger partial charge in [-0.2, -0.15) is 0 Å². The Morgan fingerprint density at radius 1 is 1.41 bits per heavy atom. The molecule has 0 aliphatic rings. The second kappa shape index (κ2) is 4.56. The molecule has 88 valence electrons. The van der Waals surface area contributed by atoms with Crippen molar-refractivity contribution in [2.45, 2.75) is 0 Å². The number of methoxy groups -OCH3 is 1. The van der Waals surface area contributed by atoms with E-state index in [-0.39, 0.29) is 11.4 Å². The van der Waals surface area contributed by atoms with Crippen LogP contribution in [0.25, 0.3) is 0 Å². The van der Waals surface area contributed by atoms with Crippen LogP contribution in [0.3, 0.4) is 0 Å². The molecule has 2 aromatic rings. The Hall–Kier alpha value is -2.50. The first-order valence-corrected chi connectivity index (χ1v) is 4.77. The summed E-state index contributed by atoms with van der Waals surface area (Å²) >= 11 is 0. The normalized spacial score (nSPS) is 9.94. The van der Waals surface area contributed by atoms with Crippen molar-refractivity contribution in [1.29, 1.82) is 0 Å². The largest absolute Gasteiger partial charge is 0.497 e. The van der Waals surface area contributed by atoms with Gasteiger partial charge in [0.15, 0.2) is 0 Å². The second-order valence-electron chi connectivity index (χ2n) is 3.17. The van der Waals surface area contributed by atoms with E-state index < -0.39 is 5.97 Å². The molecule has 0 atom stereocenters. The lowest BCUT2D eigenvalue weighted by atomic mass is 10.3. The average molecular weight is 234 g/mol. The van der Waals surface area contributed by atoms with Gasteiger partial charge < -0.3 is 19.7 Å². The van der Waals surface area contributed by atoms with Crippen LogP contribution in [-0.4, -0.2) is 18.2 Å². The van der Waals surface area contributed by atoms with E-state index >= 15 is 0 Å². The van der Waals surface area contributed by atoms with E-state index in [1.54, 1.807) is 24.3 Å². The van der Waals surface area contributed by atoms with Gasteiger partial charge in [-0.1, -0.05) is 11.2 Å². The highest BCUT2D eigenvalue weighted by atomic mass is 16.5. The molecular weight excluding hydrogens is 224 g/mol. The number of hydrogen-bond acceptors (Lipinski definition) is 6. The highest BCUT2D eigenvalue weighted by molar-refractivity contribution is 5.94. The molecule has 0 radical (unpaired) electrons. The number of ether oxygens (including phenoxy) is 2. The van der Waals surface area contributed by atoms with Gasteiger partial charge >= 0.3 is 5.97 Å². The third-order valence-electron chi connectivity index (χ3n) is 2.07. The van der Waals surface area contributed by atoms with Gasteiger partial charge in [-0.25, -0.2) is 4.79 Å². The van der Waals surface area contributed by atoms with Crippen LogP contribution >= 0.6 is 0 Å². The summed E-state index contributed by atoms with van der Waals surface area (Å²) in [6.07, 6.45) is 1.21. The van der Waals surface area contributed by atoms with Crippen LogP contribution in [-0.2, 0) is 0 Å². The number of aromatic nitrogens is 1. The van der Waals surface area contributed by atoms with Crippen LogP contribution in [0, 0.1) is 0 Å². The van der Waals surface area contributed by atoms with Crippen LogP contribution in [0.2, 0.25) is 0 Å². The number of nitrogens with zero attached hydrogens (tertiary/aromatic N) is 1. The molecule has 1 aromatic heterocycles. The number of nitrogen functional groups attached to an aromatic ring is 1. The predicted octanol–water partition coefficient (Wildman–Crippen LogP) is 1.48. The lowest BCUT2D eigenvalue weighted by molar-refractivity contribution is 0.0735. The Bertz CT molecular complexity index is 536. The smallest absolute Gasteiger partial charge is 0.350 e. The van der Waals surface area contributed by atoms with Crippen molar-refractivity contribution in [3.05, 3.63) is 36.0 Å². The molecule has 0 spiro atoms. The molecule has 0 saturated carbocycles. The molecule has 6 heteroatoms. The van der Waals surface area contributed by atoms with E-state index in [1.165, 1.54) is 13.3 Å². The predicted molar refractivity (Wildman–Crippen MR) is 58.9 cm³/mol. The zero-order valence-corrected chi connectivity index (χ0v) is 9.04. The molecular formula is C11H10N2O4. The minimum Gasteiger partial charge on any atom is -0.497 e. The Morgan fingerprint density at radius 2 is 2.18 bits per heavy atom. The van der Waals surface area contributed by atoms with E-state index in [0.29, 0.717) is 11.5 Å². The molecule has 0 aliphatic heterocycles. The molecule has 0 amide bonds. The van der Waals surface area contributed by atoms with E-state index in [2.05, 4.69) is 9.68 Å². The topological polar surface area (TPSA) is 87.6 Å². The number of benzene rings is 1. The summed E-state index contributed by atoms with van der Waals surface area (Å²) in [6.45, 7) is 0. The molecule has 0 bridgehead atoms. The van der Waals surface area contributed by atoms with Crippen molar-refractivity contribution in [3.63, 3.8) is 0 Å². The number of rotatable bonds is 3. The second-order valence-corrected chi connectivity index (χ2v) is 3.17. The van der Waals surface area contributed by atoms with E-state index in [0.717, 1.165) is 0 Å². The Balaban J connectivity index is 2.16. The van der Waals surface area contributed by atoms with Crippen LogP contribution in [0.4, 0.5) is 5.88 Å². The third-order valence-corrected chi connectivity index (χ3v) is 2.07. The number of nitrogens with two attached hydrogens (primary N) is 1. The summed E-state index contributed by atoms with van der Waals surface area (Å²) in [5.41, 5.74) is 5.49. The number of carbonyl (C=O) groups is 1. The molecule has 2 N–H and O–H groups in total. The number of carbonyl (C=O) groups excluding carboxylic acids is 1. The zero-order chi connectivity index (χ0) is 12.3. The molecule has 1 heterocycles. The first kappa shape index (κ1) is 11.0. The number of hydrogen-bond donors (Lipinski definition) is 1. The number of anilines is 1. The van der Waals surface area contributed by atoms with E-state index in [1.807, 2.05) is 0 Å². The third kappa shape index (κ3) is 2.36. The SMILES string of the molecule is COc1cccc(OC(=O)c2cnoc2N)c1. The van der Waals surface area contributed by atoms with Gasteiger partial charge in [-0.3, -0.25) is 0 Å². The molecule has 1 aromatic carbocycles. The Morgan fingerprint density at radius 3 is 2.82 bits per heavy atom. The summed E-state index contributed by atoms with van der Waals surface area (Å²) in [7, 11) is 1.53. The highest BCUT2D eigenvalue weighted by Gasteiger charge is 2.16. The Kier molecular flexibility index (Phi) is 2.95. The molecule has 0 fully saturated rings. The van der Waals surface area contributed by atoms with Gasteiger partial charge in [0.2, 0.25) is 5.88 Å². The summed E-state index contributed by atoms with van der Waals surface area (Å²) in [6, 6.07) is 6.66. The fourth-order valence-electron chi connectivity index (χ4n) is 1.23. The fourth-order valence-corrected chi connectivity index (χ4v) is 1.23. The van der Waals surface area contributed by atoms with E-state index in [4.69, 9.17) is 15.2 Å². The summed E-state index contributed by atoms with van der Waals surface area (Å²) in [5.74, 6) is 0.249. The van der Waals surface area contributed by atoms with Gasteiger partial charge in [0, 0.05) is 6.07 Å². The van der Waals surface area contributed by atoms with Crippen LogP contribution in [0.5, 0.6) is 11.5 Å². The standard InChI is InChI=1S/C11H10N2O4/c1-15-7-3-2-4-8(5-7)16-11(14)9-6-13-17-10(9)12/h2-6H,12H2,1H3. The average Bonchev–Trinajstić information content (AvgIpc) is 2.76. The molecule has 0 aliphatic carbocycles. The van der Waals surface area contributed by atoms with Crippen molar-refractivity contribution in [2.75, 3.05) is 12.8 Å². The molecule has 6 nitrogen and oxygen atoms in total. The molecule has 0 unspecified atom stereocenters. The first-order chi connectivity index (χ1) is 8.20. The van der Waals surface area contributed by atoms with Gasteiger partial charge in [-0.05, 0) is 12.1 Å². The summed E-state index contributed by atoms with van der Waals surface area (Å²) < 4.78 is 14.7. The molecule has 2 rings (SSSR count). The van der Waals surface area contributed by atoms with Crippen molar-refractivity contribution >= 4 is 11.9 Å². The van der Waals surface area contributed by atoms with Crippen LogP contribution in [0.15, 0.2) is 35.0 Å². The van der Waals surface area contributed by atoms with Crippen molar-refractivity contribution in [1.82, 2.24) is 5.16 Å². The van der Waals surface area contributed by atoms with E-state index in [9.17, 15) is 4.79 Å². The van der Waals surface area contributed by atoms with Crippen molar-refractivity contribution < 1.29 is 18.8 Å². The molecule has 0 saturated heterocycles. The summed E-state index contributed by atoms with van der Waals surface area (Å²) in [5, 5.41) is 3.39. The van der Waals surface area contributed by atoms with Gasteiger partial charge in [-0.15, -0.1) is 0 Å². The highest BCUT2D eigenvalue weighted by Crippen LogP contribution is 2.21.